The van der Waals surface area contributed by atoms with E-state index in [-0.39, 0.29) is 5.92 Å². The van der Waals surface area contributed by atoms with E-state index in [1.807, 2.05) is 0 Å². The SMILES string of the molecule is Cc1c(C2CC2)c(C(F)(F)F)cc2[nH]ncc12. The van der Waals surface area contributed by atoms with Crippen molar-refractivity contribution in [3.05, 3.63) is 29.0 Å². The number of nitrogens with one attached hydrogen (secondary N) is 1. The molecule has 0 saturated heterocycles. The highest BCUT2D eigenvalue weighted by Gasteiger charge is 2.39. The number of fused-ring (bicyclic) bond motifs is 1. The van der Waals surface area contributed by atoms with Gasteiger partial charge in [-0.1, -0.05) is 0 Å². The smallest absolute Gasteiger partial charge is 0.278 e. The van der Waals surface area contributed by atoms with Gasteiger partial charge in [-0.15, -0.1) is 0 Å². The summed E-state index contributed by atoms with van der Waals surface area (Å²) in [5, 5.41) is 7.21. The Morgan fingerprint density at radius 3 is 2.65 bits per heavy atom. The van der Waals surface area contributed by atoms with Gasteiger partial charge >= 0.3 is 6.18 Å². The Morgan fingerprint density at radius 1 is 1.35 bits per heavy atom. The highest BCUT2D eigenvalue weighted by atomic mass is 19.4. The first-order chi connectivity index (χ1) is 7.98. The zero-order valence-corrected chi connectivity index (χ0v) is 9.23. The van der Waals surface area contributed by atoms with Crippen molar-refractivity contribution in [2.75, 3.05) is 0 Å². The van der Waals surface area contributed by atoms with Gasteiger partial charge in [0.05, 0.1) is 17.3 Å². The lowest BCUT2D eigenvalue weighted by atomic mass is 9.94. The van der Waals surface area contributed by atoms with Crippen molar-refractivity contribution >= 4 is 10.9 Å². The molecular formula is C12H11F3N2. The van der Waals surface area contributed by atoms with Crippen LogP contribution in [0.25, 0.3) is 10.9 Å². The van der Waals surface area contributed by atoms with Gasteiger partial charge in [-0.3, -0.25) is 5.10 Å². The minimum absolute atomic E-state index is 0.0749. The highest BCUT2D eigenvalue weighted by Crippen LogP contribution is 2.48. The molecule has 0 spiro atoms. The fourth-order valence-electron chi connectivity index (χ4n) is 2.41. The van der Waals surface area contributed by atoms with Crippen LogP contribution in [0, 0.1) is 6.92 Å². The number of halogens is 3. The maximum Gasteiger partial charge on any atom is 0.416 e. The molecule has 1 saturated carbocycles. The third kappa shape index (κ3) is 1.61. The van der Waals surface area contributed by atoms with Gasteiger partial charge in [-0.2, -0.15) is 18.3 Å². The maximum atomic E-state index is 13.0. The van der Waals surface area contributed by atoms with Gasteiger partial charge in [-0.05, 0) is 42.9 Å². The monoisotopic (exact) mass is 240 g/mol. The fraction of sp³-hybridized carbons (Fsp3) is 0.417. The quantitative estimate of drug-likeness (QED) is 0.807. The van der Waals surface area contributed by atoms with Gasteiger partial charge < -0.3 is 0 Å². The summed E-state index contributed by atoms with van der Waals surface area (Å²) in [6, 6.07) is 1.18. The fourth-order valence-corrected chi connectivity index (χ4v) is 2.41. The van der Waals surface area contributed by atoms with Crippen LogP contribution < -0.4 is 0 Å². The van der Waals surface area contributed by atoms with Crippen LogP contribution in [0.15, 0.2) is 12.3 Å². The molecule has 3 rings (SSSR count). The lowest BCUT2D eigenvalue weighted by Gasteiger charge is -2.15. The second kappa shape index (κ2) is 3.24. The first-order valence-corrected chi connectivity index (χ1v) is 5.52. The summed E-state index contributed by atoms with van der Waals surface area (Å²) in [6.45, 7) is 1.75. The summed E-state index contributed by atoms with van der Waals surface area (Å²) in [7, 11) is 0. The molecule has 1 aliphatic rings. The molecule has 1 aromatic carbocycles. The molecule has 1 heterocycles. The molecule has 0 bridgehead atoms. The first kappa shape index (κ1) is 10.6. The maximum absolute atomic E-state index is 13.0. The number of aromatic nitrogens is 2. The number of hydrogen-bond donors (Lipinski definition) is 1. The lowest BCUT2D eigenvalue weighted by molar-refractivity contribution is -0.138. The Hall–Kier alpha value is -1.52. The average Bonchev–Trinajstić information content (AvgIpc) is 2.93. The molecule has 5 heteroatoms. The molecule has 0 radical (unpaired) electrons. The van der Waals surface area contributed by atoms with E-state index in [4.69, 9.17) is 0 Å². The van der Waals surface area contributed by atoms with E-state index >= 15 is 0 Å². The van der Waals surface area contributed by atoms with E-state index in [0.717, 1.165) is 18.2 Å². The van der Waals surface area contributed by atoms with Crippen molar-refractivity contribution in [1.29, 1.82) is 0 Å². The largest absolute Gasteiger partial charge is 0.416 e. The topological polar surface area (TPSA) is 28.7 Å². The van der Waals surface area contributed by atoms with Crippen LogP contribution in [0.5, 0.6) is 0 Å². The van der Waals surface area contributed by atoms with Gasteiger partial charge in [0.2, 0.25) is 0 Å². The highest BCUT2D eigenvalue weighted by molar-refractivity contribution is 5.84. The number of H-pyrrole nitrogens is 1. The van der Waals surface area contributed by atoms with Gasteiger partial charge in [0, 0.05) is 5.39 Å². The summed E-state index contributed by atoms with van der Waals surface area (Å²) in [4.78, 5) is 0. The number of alkyl halides is 3. The predicted molar refractivity (Wildman–Crippen MR) is 57.8 cm³/mol. The van der Waals surface area contributed by atoms with Crippen molar-refractivity contribution < 1.29 is 13.2 Å². The van der Waals surface area contributed by atoms with E-state index in [1.165, 1.54) is 6.07 Å². The normalized spacial score (nSPS) is 16.7. The molecule has 0 unspecified atom stereocenters. The molecule has 0 aliphatic heterocycles. The number of aryl methyl sites for hydroxylation is 1. The van der Waals surface area contributed by atoms with Gasteiger partial charge in [-0.25, -0.2) is 0 Å². The minimum atomic E-state index is -4.29. The summed E-state index contributed by atoms with van der Waals surface area (Å²) >= 11 is 0. The van der Waals surface area contributed by atoms with Crippen molar-refractivity contribution in [3.63, 3.8) is 0 Å². The molecule has 1 N–H and O–H groups in total. The van der Waals surface area contributed by atoms with Gasteiger partial charge in [0.15, 0.2) is 0 Å². The van der Waals surface area contributed by atoms with E-state index in [0.29, 0.717) is 16.6 Å². The Bertz CT molecular complexity index is 579. The summed E-state index contributed by atoms with van der Waals surface area (Å²) < 4.78 is 39.0. The zero-order chi connectivity index (χ0) is 12.2. The standard InChI is InChI=1S/C12H11F3N2/c1-6-8-5-16-17-10(8)4-9(12(13,14)15)11(6)7-2-3-7/h4-5,7H,2-3H2,1H3,(H,16,17). The van der Waals surface area contributed by atoms with Crippen LogP contribution in [0.2, 0.25) is 0 Å². The lowest BCUT2D eigenvalue weighted by Crippen LogP contribution is -2.10. The third-order valence-corrected chi connectivity index (χ3v) is 3.35. The molecule has 2 aromatic rings. The average molecular weight is 240 g/mol. The van der Waals surface area contributed by atoms with Crippen molar-refractivity contribution in [2.24, 2.45) is 0 Å². The molecule has 0 amide bonds. The molecule has 1 fully saturated rings. The Morgan fingerprint density at radius 2 is 2.06 bits per heavy atom. The number of rotatable bonds is 1. The van der Waals surface area contributed by atoms with Crippen molar-refractivity contribution in [2.45, 2.75) is 31.9 Å². The van der Waals surface area contributed by atoms with E-state index in [9.17, 15) is 13.2 Å². The Labute approximate surface area is 95.8 Å². The summed E-state index contributed by atoms with van der Waals surface area (Å²) in [5.74, 6) is 0.0749. The number of hydrogen-bond acceptors (Lipinski definition) is 1. The van der Waals surface area contributed by atoms with Crippen molar-refractivity contribution in [1.82, 2.24) is 10.2 Å². The van der Waals surface area contributed by atoms with Gasteiger partial charge in [0.25, 0.3) is 0 Å². The minimum Gasteiger partial charge on any atom is -0.278 e. The van der Waals surface area contributed by atoms with Gasteiger partial charge in [0.1, 0.15) is 0 Å². The van der Waals surface area contributed by atoms with E-state index < -0.39 is 11.7 Å². The van der Waals surface area contributed by atoms with E-state index in [1.54, 1.807) is 13.1 Å². The Kier molecular flexibility index (Phi) is 2.03. The Balaban J connectivity index is 2.34. The molecule has 1 aromatic heterocycles. The molecule has 90 valence electrons. The number of benzene rings is 1. The van der Waals surface area contributed by atoms with Crippen LogP contribution in [-0.2, 0) is 6.18 Å². The predicted octanol–water partition coefficient (Wildman–Crippen LogP) is 3.77. The second-order valence-electron chi connectivity index (χ2n) is 4.57. The number of aromatic amines is 1. The van der Waals surface area contributed by atoms with Crippen LogP contribution in [0.3, 0.4) is 0 Å². The van der Waals surface area contributed by atoms with E-state index in [2.05, 4.69) is 10.2 Å². The molecule has 17 heavy (non-hydrogen) atoms. The second-order valence-corrected chi connectivity index (χ2v) is 4.57. The molecule has 2 nitrogen and oxygen atoms in total. The zero-order valence-electron chi connectivity index (χ0n) is 9.23. The number of nitrogens with zero attached hydrogens (tertiary/aromatic N) is 1. The summed E-state index contributed by atoms with van der Waals surface area (Å²) in [5.41, 5.74) is 1.13. The van der Waals surface area contributed by atoms with Crippen LogP contribution >= 0.6 is 0 Å². The van der Waals surface area contributed by atoms with Crippen LogP contribution in [-0.4, -0.2) is 10.2 Å². The van der Waals surface area contributed by atoms with Crippen LogP contribution in [0.1, 0.15) is 35.4 Å². The van der Waals surface area contributed by atoms with Crippen LogP contribution in [0.4, 0.5) is 13.2 Å². The molecule has 1 aliphatic carbocycles. The first-order valence-electron chi connectivity index (χ1n) is 5.52. The molecule has 0 atom stereocenters. The molecular weight excluding hydrogens is 229 g/mol. The van der Waals surface area contributed by atoms with Crippen molar-refractivity contribution in [3.8, 4) is 0 Å². The third-order valence-electron chi connectivity index (χ3n) is 3.35. The summed E-state index contributed by atoms with van der Waals surface area (Å²) in [6.07, 6.45) is -0.987.